The Morgan fingerprint density at radius 3 is 3.00 bits per heavy atom. The molecule has 6 rings (SSSR count). The fourth-order valence-corrected chi connectivity index (χ4v) is 5.99. The van der Waals surface area contributed by atoms with Gasteiger partial charge in [0.2, 0.25) is 0 Å². The lowest BCUT2D eigenvalue weighted by atomic mass is 10.0. The largest absolute Gasteiger partial charge is 0.491 e. The number of rotatable bonds is 6. The number of benzene rings is 1. The van der Waals surface area contributed by atoms with E-state index in [1.807, 2.05) is 0 Å². The number of nitrogens with zero attached hydrogens (tertiary/aromatic N) is 6. The molecule has 4 aliphatic heterocycles. The van der Waals surface area contributed by atoms with E-state index in [1.165, 1.54) is 17.5 Å². The standard InChI is InChI=1S/C27H35N7O2/c1-32-12-3-5-21(32)18-36-27-30-23-17-33(24-6-2-4-19-9-15-35-25(19)24)13-8-22(23)26(31-27)34-14-11-29-20(16-34)7-10-28/h2,4,6,20-21,29H,3,5,7-9,11-18H2,1H3/t20-,21?/m0/s1. The Labute approximate surface area is 213 Å². The molecule has 1 N–H and O–H groups in total. The molecule has 5 heterocycles. The zero-order valence-corrected chi connectivity index (χ0v) is 21.1. The first-order chi connectivity index (χ1) is 17.7. The average Bonchev–Trinajstić information content (AvgIpc) is 3.55. The van der Waals surface area contributed by atoms with Crippen molar-refractivity contribution in [3.8, 4) is 17.8 Å². The molecule has 2 fully saturated rings. The summed E-state index contributed by atoms with van der Waals surface area (Å²) in [4.78, 5) is 17.0. The highest BCUT2D eigenvalue weighted by Crippen LogP contribution is 2.39. The van der Waals surface area contributed by atoms with Crippen LogP contribution in [0.4, 0.5) is 11.5 Å². The molecule has 2 atom stereocenters. The molecule has 9 heteroatoms. The normalized spacial score (nSPS) is 23.7. The van der Waals surface area contributed by atoms with Gasteiger partial charge in [-0.05, 0) is 44.5 Å². The number of hydrogen-bond acceptors (Lipinski definition) is 9. The molecule has 0 amide bonds. The summed E-state index contributed by atoms with van der Waals surface area (Å²) >= 11 is 0. The number of aromatic nitrogens is 2. The summed E-state index contributed by atoms with van der Waals surface area (Å²) in [5.41, 5.74) is 4.69. The molecule has 1 aromatic heterocycles. The first-order valence-electron chi connectivity index (χ1n) is 13.3. The topological polar surface area (TPSA) is 89.8 Å². The van der Waals surface area contributed by atoms with Crippen molar-refractivity contribution in [2.45, 2.75) is 50.7 Å². The number of ether oxygens (including phenoxy) is 2. The van der Waals surface area contributed by atoms with Gasteiger partial charge in [0, 0.05) is 50.2 Å². The number of nitriles is 1. The molecule has 1 aromatic carbocycles. The summed E-state index contributed by atoms with van der Waals surface area (Å²) in [6.07, 6.45) is 4.69. The number of nitrogens with one attached hydrogen (secondary N) is 1. The average molecular weight is 490 g/mol. The molecule has 0 saturated carbocycles. The molecule has 2 aromatic rings. The van der Waals surface area contributed by atoms with Gasteiger partial charge >= 0.3 is 6.01 Å². The van der Waals surface area contributed by atoms with E-state index >= 15 is 0 Å². The lowest BCUT2D eigenvalue weighted by Gasteiger charge is -2.37. The zero-order chi connectivity index (χ0) is 24.5. The van der Waals surface area contributed by atoms with E-state index in [4.69, 9.17) is 19.4 Å². The lowest BCUT2D eigenvalue weighted by Crippen LogP contribution is -2.51. The highest BCUT2D eigenvalue weighted by molar-refractivity contribution is 5.65. The van der Waals surface area contributed by atoms with Crippen molar-refractivity contribution >= 4 is 11.5 Å². The maximum atomic E-state index is 9.24. The van der Waals surface area contributed by atoms with Gasteiger partial charge in [0.25, 0.3) is 0 Å². The van der Waals surface area contributed by atoms with Crippen LogP contribution in [0.2, 0.25) is 0 Å². The third-order valence-corrected chi connectivity index (χ3v) is 8.03. The van der Waals surface area contributed by atoms with Crippen LogP contribution in [0.15, 0.2) is 18.2 Å². The molecule has 9 nitrogen and oxygen atoms in total. The number of fused-ring (bicyclic) bond motifs is 2. The van der Waals surface area contributed by atoms with Gasteiger partial charge in [-0.3, -0.25) is 0 Å². The fraction of sp³-hybridized carbons (Fsp3) is 0.593. The number of hydrogen-bond donors (Lipinski definition) is 1. The molecule has 4 aliphatic rings. The minimum Gasteiger partial charge on any atom is -0.491 e. The van der Waals surface area contributed by atoms with Gasteiger partial charge in [-0.1, -0.05) is 12.1 Å². The van der Waals surface area contributed by atoms with E-state index < -0.39 is 0 Å². The van der Waals surface area contributed by atoms with Crippen molar-refractivity contribution in [2.75, 3.05) is 62.8 Å². The van der Waals surface area contributed by atoms with Crippen LogP contribution in [0.5, 0.6) is 11.8 Å². The van der Waals surface area contributed by atoms with Gasteiger partial charge in [-0.15, -0.1) is 0 Å². The quantitative estimate of drug-likeness (QED) is 0.655. The highest BCUT2D eigenvalue weighted by Gasteiger charge is 2.31. The first kappa shape index (κ1) is 23.3. The lowest BCUT2D eigenvalue weighted by molar-refractivity contribution is 0.187. The van der Waals surface area contributed by atoms with Crippen LogP contribution in [-0.4, -0.2) is 79.9 Å². The van der Waals surface area contributed by atoms with E-state index in [0.717, 1.165) is 81.5 Å². The summed E-state index contributed by atoms with van der Waals surface area (Å²) in [7, 11) is 2.16. The molecule has 0 radical (unpaired) electrons. The predicted octanol–water partition coefficient (Wildman–Crippen LogP) is 2.14. The van der Waals surface area contributed by atoms with Crippen LogP contribution in [0.3, 0.4) is 0 Å². The summed E-state index contributed by atoms with van der Waals surface area (Å²) in [6.45, 7) is 6.55. The van der Waals surface area contributed by atoms with Gasteiger partial charge in [0.1, 0.15) is 18.2 Å². The van der Waals surface area contributed by atoms with Gasteiger partial charge < -0.3 is 29.5 Å². The van der Waals surface area contributed by atoms with Gasteiger partial charge in [-0.25, -0.2) is 0 Å². The van der Waals surface area contributed by atoms with E-state index in [9.17, 15) is 5.26 Å². The Hall–Kier alpha value is -3.09. The van der Waals surface area contributed by atoms with Crippen LogP contribution in [-0.2, 0) is 19.4 Å². The van der Waals surface area contributed by atoms with E-state index in [-0.39, 0.29) is 6.04 Å². The smallest absolute Gasteiger partial charge is 0.318 e. The van der Waals surface area contributed by atoms with Gasteiger partial charge in [-0.2, -0.15) is 15.2 Å². The first-order valence-corrected chi connectivity index (χ1v) is 13.3. The van der Waals surface area contributed by atoms with E-state index in [2.05, 4.69) is 51.3 Å². The van der Waals surface area contributed by atoms with Crippen LogP contribution < -0.4 is 24.6 Å². The highest BCUT2D eigenvalue weighted by atomic mass is 16.5. The molecule has 36 heavy (non-hydrogen) atoms. The third-order valence-electron chi connectivity index (χ3n) is 8.03. The molecule has 2 saturated heterocycles. The monoisotopic (exact) mass is 489 g/mol. The summed E-state index contributed by atoms with van der Waals surface area (Å²) in [5.74, 6) is 2.01. The van der Waals surface area contributed by atoms with Crippen molar-refractivity contribution < 1.29 is 9.47 Å². The Morgan fingerprint density at radius 1 is 1.19 bits per heavy atom. The maximum absolute atomic E-state index is 9.24. The second-order valence-corrected chi connectivity index (χ2v) is 10.3. The molecule has 0 bridgehead atoms. The van der Waals surface area contributed by atoms with Crippen LogP contribution in [0.1, 0.15) is 36.1 Å². The zero-order valence-electron chi connectivity index (χ0n) is 21.1. The third kappa shape index (κ3) is 4.56. The Kier molecular flexibility index (Phi) is 6.55. The molecule has 0 spiro atoms. The van der Waals surface area contributed by atoms with E-state index in [0.29, 0.717) is 31.6 Å². The van der Waals surface area contributed by atoms with Crippen LogP contribution in [0, 0.1) is 11.3 Å². The summed E-state index contributed by atoms with van der Waals surface area (Å²) < 4.78 is 12.3. The Bertz CT molecular complexity index is 1150. The van der Waals surface area contributed by atoms with E-state index in [1.54, 1.807) is 0 Å². The molecule has 190 valence electrons. The van der Waals surface area contributed by atoms with Crippen LogP contribution >= 0.6 is 0 Å². The van der Waals surface area contributed by atoms with Gasteiger partial charge in [0.05, 0.1) is 37.0 Å². The van der Waals surface area contributed by atoms with Crippen LogP contribution in [0.25, 0.3) is 0 Å². The van der Waals surface area contributed by atoms with Crippen molar-refractivity contribution in [2.24, 2.45) is 0 Å². The minimum atomic E-state index is 0.148. The Morgan fingerprint density at radius 2 is 2.14 bits per heavy atom. The molecule has 1 unspecified atom stereocenters. The Balaban J connectivity index is 1.30. The molecular formula is C27H35N7O2. The SMILES string of the molecule is CN1CCCC1COc1nc2c(c(N3CCN[C@@H](CC#N)C3)n1)CCN(c1cccc3c1OCC3)C2. The fourth-order valence-electron chi connectivity index (χ4n) is 5.99. The van der Waals surface area contributed by atoms with Crippen molar-refractivity contribution in [1.29, 1.82) is 5.26 Å². The summed E-state index contributed by atoms with van der Waals surface area (Å²) in [6, 6.07) is 9.80. The number of anilines is 2. The number of piperazine rings is 1. The molecular weight excluding hydrogens is 454 g/mol. The number of likely N-dealkylation sites (N-methyl/N-ethyl adjacent to an activating group) is 1. The maximum Gasteiger partial charge on any atom is 0.318 e. The van der Waals surface area contributed by atoms with Crippen molar-refractivity contribution in [1.82, 2.24) is 20.2 Å². The predicted molar refractivity (Wildman–Crippen MR) is 138 cm³/mol. The minimum absolute atomic E-state index is 0.148. The second kappa shape index (κ2) is 10.1. The van der Waals surface area contributed by atoms with Crippen molar-refractivity contribution in [3.63, 3.8) is 0 Å². The number of para-hydroxylation sites is 1. The van der Waals surface area contributed by atoms with Crippen molar-refractivity contribution in [3.05, 3.63) is 35.0 Å². The summed E-state index contributed by atoms with van der Waals surface area (Å²) in [5, 5.41) is 12.7. The number of likely N-dealkylation sites (tertiary alicyclic amines) is 1. The second-order valence-electron chi connectivity index (χ2n) is 10.3. The van der Waals surface area contributed by atoms with Gasteiger partial charge in [0.15, 0.2) is 0 Å². The molecule has 0 aliphatic carbocycles.